The summed E-state index contributed by atoms with van der Waals surface area (Å²) in [4.78, 5) is 24.6. The van der Waals surface area contributed by atoms with Gasteiger partial charge in [0.25, 0.3) is 0 Å². The minimum atomic E-state index is -0.579. The molecule has 1 heterocycles. The van der Waals surface area contributed by atoms with Crippen LogP contribution in [0.25, 0.3) is 0 Å². The fourth-order valence-corrected chi connectivity index (χ4v) is 2.18. The zero-order chi connectivity index (χ0) is 10.3. The van der Waals surface area contributed by atoms with Crippen molar-refractivity contribution < 1.29 is 14.7 Å². The molecule has 0 aromatic heterocycles. The number of rotatable bonds is 1. The van der Waals surface area contributed by atoms with Gasteiger partial charge in [0.15, 0.2) is 0 Å². The van der Waals surface area contributed by atoms with Crippen LogP contribution in [0.5, 0.6) is 0 Å². The van der Waals surface area contributed by atoms with Gasteiger partial charge >= 0.3 is 0 Å². The van der Waals surface area contributed by atoms with Crippen molar-refractivity contribution in [2.75, 3.05) is 6.54 Å². The summed E-state index contributed by atoms with van der Waals surface area (Å²) in [5.74, 6) is -0.912. The van der Waals surface area contributed by atoms with Crippen LogP contribution in [-0.2, 0) is 9.59 Å². The maximum Gasteiger partial charge on any atom is 0.236 e. The van der Waals surface area contributed by atoms with Crippen LogP contribution in [0.4, 0.5) is 0 Å². The summed E-state index contributed by atoms with van der Waals surface area (Å²) in [6, 6.07) is 0. The van der Waals surface area contributed by atoms with Crippen LogP contribution in [0, 0.1) is 11.8 Å². The molecule has 2 rings (SSSR count). The van der Waals surface area contributed by atoms with Crippen molar-refractivity contribution in [1.29, 1.82) is 0 Å². The molecule has 14 heavy (non-hydrogen) atoms. The lowest BCUT2D eigenvalue weighted by Crippen LogP contribution is -2.30. The number of likely N-dealkylation sites (tertiary alicyclic amines) is 1. The molecule has 1 fully saturated rings. The Bertz CT molecular complexity index is 310. The zero-order valence-electron chi connectivity index (χ0n) is 8.01. The Labute approximate surface area is 82.2 Å². The molecule has 1 aliphatic carbocycles. The Balaban J connectivity index is 2.29. The third-order valence-corrected chi connectivity index (χ3v) is 2.92. The smallest absolute Gasteiger partial charge is 0.236 e. The van der Waals surface area contributed by atoms with Gasteiger partial charge in [-0.3, -0.25) is 14.5 Å². The van der Waals surface area contributed by atoms with Gasteiger partial charge in [0.2, 0.25) is 11.8 Å². The van der Waals surface area contributed by atoms with E-state index in [4.69, 9.17) is 0 Å². The molecular formula is C10H13NO3. The molecule has 3 atom stereocenters. The van der Waals surface area contributed by atoms with Crippen molar-refractivity contribution in [2.45, 2.75) is 19.4 Å². The number of nitrogens with zero attached hydrogens (tertiary/aromatic N) is 1. The van der Waals surface area contributed by atoms with Gasteiger partial charge in [0.1, 0.15) is 0 Å². The predicted molar refractivity (Wildman–Crippen MR) is 49.1 cm³/mol. The van der Waals surface area contributed by atoms with Crippen LogP contribution in [-0.4, -0.2) is 34.5 Å². The summed E-state index contributed by atoms with van der Waals surface area (Å²) >= 11 is 0. The van der Waals surface area contributed by atoms with Crippen molar-refractivity contribution in [1.82, 2.24) is 4.90 Å². The maximum absolute atomic E-state index is 11.7. The van der Waals surface area contributed by atoms with Crippen molar-refractivity contribution >= 4 is 11.8 Å². The molecule has 2 aliphatic rings. The number of carbonyl (C=O) groups is 2. The van der Waals surface area contributed by atoms with E-state index in [1.165, 1.54) is 4.90 Å². The van der Waals surface area contributed by atoms with Gasteiger partial charge in [0.05, 0.1) is 17.9 Å². The second kappa shape index (κ2) is 3.20. The fourth-order valence-electron chi connectivity index (χ4n) is 2.18. The Hall–Kier alpha value is -1.16. The van der Waals surface area contributed by atoms with Gasteiger partial charge < -0.3 is 5.11 Å². The molecule has 0 radical (unpaired) electrons. The Morgan fingerprint density at radius 2 is 2.14 bits per heavy atom. The normalized spacial score (nSPS) is 36.4. The molecule has 1 saturated heterocycles. The zero-order valence-corrected chi connectivity index (χ0v) is 8.01. The van der Waals surface area contributed by atoms with Gasteiger partial charge in [-0.05, 0) is 13.3 Å². The number of imide groups is 1. The maximum atomic E-state index is 11.7. The van der Waals surface area contributed by atoms with Gasteiger partial charge in [0, 0.05) is 6.54 Å². The van der Waals surface area contributed by atoms with Gasteiger partial charge in [-0.2, -0.15) is 0 Å². The first-order chi connectivity index (χ1) is 6.65. The average molecular weight is 195 g/mol. The monoisotopic (exact) mass is 195 g/mol. The standard InChI is InChI=1S/C10H13NO3/c1-2-11-9(13)7-4-3-6(12)5-8(7)10(11)14/h3-4,6-8,12H,2,5H2,1H3. The molecule has 4 nitrogen and oxygen atoms in total. The lowest BCUT2D eigenvalue weighted by atomic mass is 9.85. The van der Waals surface area contributed by atoms with E-state index < -0.39 is 6.10 Å². The third kappa shape index (κ3) is 1.18. The molecule has 2 amide bonds. The minimum absolute atomic E-state index is 0.120. The Morgan fingerprint density at radius 3 is 2.79 bits per heavy atom. The summed E-state index contributed by atoms with van der Waals surface area (Å²) in [5.41, 5.74) is 0. The van der Waals surface area contributed by atoms with Crippen molar-refractivity contribution in [3.8, 4) is 0 Å². The predicted octanol–water partition coefficient (Wildman–Crippen LogP) is -0.0717. The van der Waals surface area contributed by atoms with E-state index in [0.29, 0.717) is 13.0 Å². The number of amides is 2. The number of aliphatic hydroxyl groups excluding tert-OH is 1. The molecule has 0 spiro atoms. The van der Waals surface area contributed by atoms with E-state index in [2.05, 4.69) is 0 Å². The second-order valence-electron chi connectivity index (χ2n) is 3.74. The lowest BCUT2D eigenvalue weighted by Gasteiger charge is -2.19. The molecule has 1 N–H and O–H groups in total. The van der Waals surface area contributed by atoms with E-state index in [1.54, 1.807) is 19.1 Å². The summed E-state index contributed by atoms with van der Waals surface area (Å²) in [7, 11) is 0. The molecule has 76 valence electrons. The lowest BCUT2D eigenvalue weighted by molar-refractivity contribution is -0.139. The molecule has 0 bridgehead atoms. The first-order valence-corrected chi connectivity index (χ1v) is 4.86. The fraction of sp³-hybridized carbons (Fsp3) is 0.600. The highest BCUT2D eigenvalue weighted by atomic mass is 16.3. The average Bonchev–Trinajstić information content (AvgIpc) is 2.39. The van der Waals surface area contributed by atoms with E-state index in [1.807, 2.05) is 0 Å². The van der Waals surface area contributed by atoms with Gasteiger partial charge in [-0.1, -0.05) is 12.2 Å². The van der Waals surface area contributed by atoms with Crippen LogP contribution in [0.3, 0.4) is 0 Å². The molecule has 0 saturated carbocycles. The van der Waals surface area contributed by atoms with Crippen LogP contribution in [0.15, 0.2) is 12.2 Å². The number of aliphatic hydroxyl groups is 1. The van der Waals surface area contributed by atoms with Crippen molar-refractivity contribution in [3.63, 3.8) is 0 Å². The molecule has 0 aromatic rings. The second-order valence-corrected chi connectivity index (χ2v) is 3.74. The van der Waals surface area contributed by atoms with Crippen molar-refractivity contribution in [2.24, 2.45) is 11.8 Å². The van der Waals surface area contributed by atoms with E-state index in [9.17, 15) is 14.7 Å². The SMILES string of the molecule is CCN1C(=O)C2C=CC(O)CC2C1=O. The van der Waals surface area contributed by atoms with Crippen molar-refractivity contribution in [3.05, 3.63) is 12.2 Å². The van der Waals surface area contributed by atoms with Crippen LogP contribution in [0.2, 0.25) is 0 Å². The minimum Gasteiger partial charge on any atom is -0.389 e. The van der Waals surface area contributed by atoms with E-state index >= 15 is 0 Å². The highest BCUT2D eigenvalue weighted by Crippen LogP contribution is 2.34. The summed E-state index contributed by atoms with van der Waals surface area (Å²) < 4.78 is 0. The molecule has 0 aromatic carbocycles. The highest BCUT2D eigenvalue weighted by molar-refractivity contribution is 6.06. The summed E-state index contributed by atoms with van der Waals surface area (Å²) in [5, 5.41) is 9.35. The first-order valence-electron chi connectivity index (χ1n) is 4.86. The van der Waals surface area contributed by atoms with Gasteiger partial charge in [-0.15, -0.1) is 0 Å². The van der Waals surface area contributed by atoms with Crippen LogP contribution in [0.1, 0.15) is 13.3 Å². The number of fused-ring (bicyclic) bond motifs is 1. The van der Waals surface area contributed by atoms with E-state index in [-0.39, 0.29) is 23.7 Å². The Kier molecular flexibility index (Phi) is 2.15. The van der Waals surface area contributed by atoms with Crippen LogP contribution >= 0.6 is 0 Å². The molecule has 1 aliphatic heterocycles. The number of hydrogen-bond donors (Lipinski definition) is 1. The van der Waals surface area contributed by atoms with Crippen LogP contribution < -0.4 is 0 Å². The highest BCUT2D eigenvalue weighted by Gasteiger charge is 2.47. The summed E-state index contributed by atoms with van der Waals surface area (Å²) in [6.45, 7) is 2.21. The summed E-state index contributed by atoms with van der Waals surface area (Å²) in [6.07, 6.45) is 3.06. The number of carbonyl (C=O) groups excluding carboxylic acids is 2. The Morgan fingerprint density at radius 1 is 1.43 bits per heavy atom. The molecular weight excluding hydrogens is 182 g/mol. The molecule has 3 unspecified atom stereocenters. The number of hydrogen-bond acceptors (Lipinski definition) is 3. The third-order valence-electron chi connectivity index (χ3n) is 2.92. The quantitative estimate of drug-likeness (QED) is 0.470. The van der Waals surface area contributed by atoms with E-state index in [0.717, 1.165) is 0 Å². The first kappa shape index (κ1) is 9.40. The topological polar surface area (TPSA) is 57.6 Å². The largest absolute Gasteiger partial charge is 0.389 e. The molecule has 4 heteroatoms. The van der Waals surface area contributed by atoms with Gasteiger partial charge in [-0.25, -0.2) is 0 Å².